The fraction of sp³-hybridized carbons (Fsp3) is 0.333. The lowest BCUT2D eigenvalue weighted by Crippen LogP contribution is -2.42. The number of rotatable bonds is 1. The predicted octanol–water partition coefficient (Wildman–Crippen LogP) is 1.40. The minimum atomic E-state index is -3.50. The van der Waals surface area contributed by atoms with E-state index in [1.165, 1.54) is 5.56 Å². The third-order valence-electron chi connectivity index (χ3n) is 2.51. The molecule has 0 fully saturated rings. The molecule has 1 aromatic rings. The van der Waals surface area contributed by atoms with Crippen molar-refractivity contribution in [3.05, 3.63) is 29.8 Å². The van der Waals surface area contributed by atoms with E-state index in [-0.39, 0.29) is 0 Å². The van der Waals surface area contributed by atoms with Crippen LogP contribution in [0.3, 0.4) is 0 Å². The largest absolute Gasteiger partial charge is 0.295 e. The smallest absolute Gasteiger partial charge is 0.231 e. The summed E-state index contributed by atoms with van der Waals surface area (Å²) in [5.74, 6) is 0. The number of para-hydroxylation sites is 1. The van der Waals surface area contributed by atoms with E-state index in [1.807, 2.05) is 47.1 Å². The van der Waals surface area contributed by atoms with E-state index >= 15 is 0 Å². The molecule has 4 nitrogen and oxygen atoms in total. The maximum absolute atomic E-state index is 11.3. The average molecular weight is 338 g/mol. The van der Waals surface area contributed by atoms with Crippen LogP contribution in [-0.4, -0.2) is 13.8 Å². The van der Waals surface area contributed by atoms with Gasteiger partial charge in [0, 0.05) is 0 Å². The van der Waals surface area contributed by atoms with Crippen LogP contribution < -0.4 is 8.25 Å². The number of benzene rings is 1. The number of halogens is 1. The van der Waals surface area contributed by atoms with Gasteiger partial charge in [0.05, 0.1) is 28.6 Å². The number of nitrogens with two attached hydrogens (primary N) is 1. The number of fused-ring (bicyclic) bond motifs is 1. The van der Waals surface area contributed by atoms with Crippen LogP contribution in [0.25, 0.3) is 0 Å². The van der Waals surface area contributed by atoms with E-state index in [2.05, 4.69) is 0 Å². The number of hydrogen-bond donors (Lipinski definition) is 1. The quantitative estimate of drug-likeness (QED) is 0.622. The second-order valence-corrected chi connectivity index (χ2v) is 6.28. The lowest BCUT2D eigenvalue weighted by molar-refractivity contribution is 0.574. The van der Waals surface area contributed by atoms with E-state index < -0.39 is 15.4 Å². The van der Waals surface area contributed by atoms with Crippen LogP contribution in [0.15, 0.2) is 24.3 Å². The predicted molar refractivity (Wildman–Crippen MR) is 68.2 cm³/mol. The van der Waals surface area contributed by atoms with Crippen molar-refractivity contribution in [3.63, 3.8) is 0 Å². The van der Waals surface area contributed by atoms with E-state index in [0.717, 1.165) is 12.1 Å². The van der Waals surface area contributed by atoms with E-state index in [0.29, 0.717) is 6.42 Å². The molecule has 0 amide bonds. The van der Waals surface area contributed by atoms with Gasteiger partial charge in [0.1, 0.15) is 0 Å². The molecule has 0 saturated heterocycles. The highest BCUT2D eigenvalue weighted by atomic mass is 127. The van der Waals surface area contributed by atoms with Crippen LogP contribution in [0, 0.1) is 0 Å². The molecule has 0 saturated carbocycles. The Morgan fingerprint density at radius 2 is 2.07 bits per heavy atom. The molecular formula is C9H11IN2O2S. The van der Waals surface area contributed by atoms with Gasteiger partial charge in [-0.2, -0.15) is 0 Å². The second kappa shape index (κ2) is 3.91. The Balaban J connectivity index is 2.42. The molecule has 0 spiro atoms. The Bertz CT molecular complexity index is 475. The van der Waals surface area contributed by atoms with E-state index in [9.17, 15) is 8.42 Å². The summed E-state index contributed by atoms with van der Waals surface area (Å²) >= 11 is 2.01. The Morgan fingerprint density at radius 3 is 2.73 bits per heavy atom. The highest BCUT2D eigenvalue weighted by Gasteiger charge is 2.32. The molecule has 0 aliphatic carbocycles. The van der Waals surface area contributed by atoms with Gasteiger partial charge in [0.25, 0.3) is 0 Å². The molecule has 1 unspecified atom stereocenters. The zero-order valence-electron chi connectivity index (χ0n) is 7.93. The SMILES string of the molecule is NS(=O)(=O)C1CCc2ccccc2N1I. The van der Waals surface area contributed by atoms with Crippen LogP contribution >= 0.6 is 22.9 Å². The first kappa shape index (κ1) is 11.2. The first-order chi connectivity index (χ1) is 7.00. The van der Waals surface area contributed by atoms with Crippen molar-refractivity contribution in [2.75, 3.05) is 3.11 Å². The first-order valence-corrected chi connectivity index (χ1v) is 7.12. The molecule has 15 heavy (non-hydrogen) atoms. The van der Waals surface area contributed by atoms with Crippen molar-refractivity contribution in [2.45, 2.75) is 18.2 Å². The summed E-state index contributed by atoms with van der Waals surface area (Å²) in [6.45, 7) is 0. The number of anilines is 1. The van der Waals surface area contributed by atoms with Gasteiger partial charge in [0.2, 0.25) is 10.0 Å². The van der Waals surface area contributed by atoms with Crippen molar-refractivity contribution >= 4 is 38.6 Å². The van der Waals surface area contributed by atoms with Crippen molar-refractivity contribution in [3.8, 4) is 0 Å². The summed E-state index contributed by atoms with van der Waals surface area (Å²) in [6, 6.07) is 7.79. The van der Waals surface area contributed by atoms with Gasteiger partial charge >= 0.3 is 0 Å². The first-order valence-electron chi connectivity index (χ1n) is 4.54. The Kier molecular flexibility index (Phi) is 2.91. The number of primary sulfonamides is 1. The Labute approximate surface area is 103 Å². The standard InChI is InChI=1S/C9H11IN2O2S/c10-12-8-4-2-1-3-7(8)5-6-9(12)15(11,13)14/h1-4,9H,5-6H2,(H2,11,13,14). The van der Waals surface area contributed by atoms with Gasteiger partial charge in [-0.15, -0.1) is 0 Å². The van der Waals surface area contributed by atoms with Crippen molar-refractivity contribution in [2.24, 2.45) is 5.14 Å². The lowest BCUT2D eigenvalue weighted by atomic mass is 10.0. The molecule has 2 rings (SSSR count). The third-order valence-corrected chi connectivity index (χ3v) is 5.29. The number of nitrogens with zero attached hydrogens (tertiary/aromatic N) is 1. The summed E-state index contributed by atoms with van der Waals surface area (Å²) in [4.78, 5) is 0. The Morgan fingerprint density at radius 1 is 1.40 bits per heavy atom. The van der Waals surface area contributed by atoms with Crippen LogP contribution in [0.1, 0.15) is 12.0 Å². The van der Waals surface area contributed by atoms with Crippen molar-refractivity contribution in [1.82, 2.24) is 0 Å². The minimum Gasteiger partial charge on any atom is -0.295 e. The molecular weight excluding hydrogens is 327 g/mol. The van der Waals surface area contributed by atoms with Crippen LogP contribution in [-0.2, 0) is 16.4 Å². The molecule has 0 radical (unpaired) electrons. The molecule has 0 bridgehead atoms. The van der Waals surface area contributed by atoms with E-state index in [4.69, 9.17) is 5.14 Å². The van der Waals surface area contributed by atoms with Crippen LogP contribution in [0.2, 0.25) is 0 Å². The van der Waals surface area contributed by atoms with Gasteiger partial charge in [-0.1, -0.05) is 18.2 Å². The highest BCUT2D eigenvalue weighted by Crippen LogP contribution is 2.34. The topological polar surface area (TPSA) is 63.4 Å². The maximum Gasteiger partial charge on any atom is 0.231 e. The molecule has 1 aliphatic heterocycles. The molecule has 82 valence electrons. The fourth-order valence-corrected chi connectivity index (χ4v) is 4.29. The van der Waals surface area contributed by atoms with Gasteiger partial charge in [-0.3, -0.25) is 3.11 Å². The zero-order chi connectivity index (χ0) is 11.1. The molecule has 1 atom stereocenters. The van der Waals surface area contributed by atoms with Crippen LogP contribution in [0.5, 0.6) is 0 Å². The summed E-state index contributed by atoms with van der Waals surface area (Å²) in [5.41, 5.74) is 2.12. The molecule has 1 aliphatic rings. The average Bonchev–Trinajstić information content (AvgIpc) is 2.16. The van der Waals surface area contributed by atoms with Crippen molar-refractivity contribution < 1.29 is 8.42 Å². The zero-order valence-corrected chi connectivity index (χ0v) is 10.9. The summed E-state index contributed by atoms with van der Waals surface area (Å²) < 4.78 is 24.4. The number of aryl methyl sites for hydroxylation is 1. The van der Waals surface area contributed by atoms with Gasteiger partial charge in [-0.25, -0.2) is 13.6 Å². The third kappa shape index (κ3) is 2.11. The second-order valence-electron chi connectivity index (χ2n) is 3.52. The maximum atomic E-state index is 11.3. The summed E-state index contributed by atoms with van der Waals surface area (Å²) in [6.07, 6.45) is 1.32. The summed E-state index contributed by atoms with van der Waals surface area (Å²) in [5, 5.41) is 4.58. The fourth-order valence-electron chi connectivity index (χ4n) is 1.77. The monoisotopic (exact) mass is 338 g/mol. The molecule has 2 N–H and O–H groups in total. The normalized spacial score (nSPS) is 21.2. The molecule has 6 heteroatoms. The van der Waals surface area contributed by atoms with Gasteiger partial charge in [-0.05, 0) is 24.5 Å². The summed E-state index contributed by atoms with van der Waals surface area (Å²) in [7, 11) is -3.50. The van der Waals surface area contributed by atoms with Crippen LogP contribution in [0.4, 0.5) is 5.69 Å². The van der Waals surface area contributed by atoms with Crippen molar-refractivity contribution in [1.29, 1.82) is 0 Å². The molecule has 0 aromatic heterocycles. The minimum absolute atomic E-state index is 0.554. The number of hydrogen-bond acceptors (Lipinski definition) is 3. The lowest BCUT2D eigenvalue weighted by Gasteiger charge is -2.32. The highest BCUT2D eigenvalue weighted by molar-refractivity contribution is 14.1. The van der Waals surface area contributed by atoms with Gasteiger partial charge < -0.3 is 0 Å². The molecule has 1 aromatic carbocycles. The Hall–Kier alpha value is -0.340. The molecule has 1 heterocycles. The van der Waals surface area contributed by atoms with E-state index in [1.54, 1.807) is 3.11 Å². The number of sulfonamides is 1. The van der Waals surface area contributed by atoms with Gasteiger partial charge in [0.15, 0.2) is 5.37 Å².